The molecule has 5 nitrogen and oxygen atoms in total. The van der Waals surface area contributed by atoms with Gasteiger partial charge in [0.2, 0.25) is 5.91 Å². The molecule has 0 atom stereocenters. The largest absolute Gasteiger partial charge is 0.416 e. The lowest BCUT2D eigenvalue weighted by atomic mass is 10.1. The van der Waals surface area contributed by atoms with Gasteiger partial charge in [-0.05, 0) is 32.0 Å². The number of alkyl halides is 3. The van der Waals surface area contributed by atoms with Crippen molar-refractivity contribution in [3.05, 3.63) is 46.8 Å². The first-order chi connectivity index (χ1) is 13.3. The smallest absolute Gasteiger partial charge is 0.368 e. The van der Waals surface area contributed by atoms with E-state index >= 15 is 0 Å². The summed E-state index contributed by atoms with van der Waals surface area (Å²) in [5.41, 5.74) is 1.74. The molecule has 1 aromatic heterocycles. The highest BCUT2D eigenvalue weighted by Crippen LogP contribution is 2.32. The Hall–Kier alpha value is -2.16. The lowest BCUT2D eigenvalue weighted by Crippen LogP contribution is -2.49. The predicted molar refractivity (Wildman–Crippen MR) is 102 cm³/mol. The van der Waals surface area contributed by atoms with Crippen molar-refractivity contribution in [3.8, 4) is 0 Å². The summed E-state index contributed by atoms with van der Waals surface area (Å²) in [6, 6.07) is 5.32. The Labute approximate surface area is 165 Å². The van der Waals surface area contributed by atoms with Gasteiger partial charge in [-0.15, -0.1) is 11.8 Å². The number of carbonyl (C=O) groups is 1. The van der Waals surface area contributed by atoms with Crippen molar-refractivity contribution in [2.75, 3.05) is 36.8 Å². The fraction of sp³-hybridized carbons (Fsp3) is 0.474. The van der Waals surface area contributed by atoms with Crippen molar-refractivity contribution in [3.63, 3.8) is 0 Å². The molecule has 9 heteroatoms. The molecule has 0 bridgehead atoms. The maximum absolute atomic E-state index is 12.9. The van der Waals surface area contributed by atoms with E-state index in [1.54, 1.807) is 11.0 Å². The van der Waals surface area contributed by atoms with Gasteiger partial charge in [-0.1, -0.05) is 11.2 Å². The molecule has 2 heterocycles. The standard InChI is InChI=1S/C19H22F3N3O2S/c1-13-17(14(2)27-23-13)11-28-12-18(26)25-8-6-24(7-9-25)16-5-3-4-15(10-16)19(20,21)22/h3-5,10H,6-9,11-12H2,1-2H3. The van der Waals surface area contributed by atoms with Gasteiger partial charge in [0, 0.05) is 43.2 Å². The van der Waals surface area contributed by atoms with Crippen LogP contribution in [-0.4, -0.2) is 47.9 Å². The summed E-state index contributed by atoms with van der Waals surface area (Å²) < 4.78 is 43.8. The topological polar surface area (TPSA) is 49.6 Å². The van der Waals surface area contributed by atoms with Gasteiger partial charge in [-0.25, -0.2) is 0 Å². The Balaban J connectivity index is 1.49. The van der Waals surface area contributed by atoms with Crippen molar-refractivity contribution in [1.29, 1.82) is 0 Å². The SMILES string of the molecule is Cc1noc(C)c1CSCC(=O)N1CCN(c2cccc(C(F)(F)F)c2)CC1. The van der Waals surface area contributed by atoms with Crippen LogP contribution in [0.4, 0.5) is 18.9 Å². The molecule has 1 saturated heterocycles. The van der Waals surface area contributed by atoms with E-state index in [1.165, 1.54) is 17.8 Å². The van der Waals surface area contributed by atoms with E-state index in [0.717, 1.165) is 29.2 Å². The van der Waals surface area contributed by atoms with E-state index in [1.807, 2.05) is 18.7 Å². The van der Waals surface area contributed by atoms with E-state index in [-0.39, 0.29) is 5.91 Å². The Bertz CT molecular complexity index is 811. The number of halogens is 3. The highest BCUT2D eigenvalue weighted by Gasteiger charge is 2.31. The minimum atomic E-state index is -4.35. The van der Waals surface area contributed by atoms with Crippen molar-refractivity contribution < 1.29 is 22.5 Å². The zero-order valence-electron chi connectivity index (χ0n) is 15.8. The Kier molecular flexibility index (Phi) is 6.22. The van der Waals surface area contributed by atoms with Gasteiger partial charge in [0.1, 0.15) is 5.76 Å². The predicted octanol–water partition coefficient (Wildman–Crippen LogP) is 3.89. The Morgan fingerprint density at radius 2 is 1.93 bits per heavy atom. The van der Waals surface area contributed by atoms with Crippen molar-refractivity contribution >= 4 is 23.4 Å². The third kappa shape index (κ3) is 4.81. The van der Waals surface area contributed by atoms with Gasteiger partial charge in [0.25, 0.3) is 0 Å². The maximum atomic E-state index is 12.9. The molecule has 1 amide bonds. The van der Waals surface area contributed by atoms with Gasteiger partial charge in [-0.2, -0.15) is 13.2 Å². The van der Waals surface area contributed by atoms with Crippen LogP contribution in [0.25, 0.3) is 0 Å². The highest BCUT2D eigenvalue weighted by molar-refractivity contribution is 7.99. The fourth-order valence-corrected chi connectivity index (χ4v) is 4.21. The molecular weight excluding hydrogens is 391 g/mol. The molecule has 28 heavy (non-hydrogen) atoms. The minimum absolute atomic E-state index is 0.0421. The van der Waals surface area contributed by atoms with Gasteiger partial charge >= 0.3 is 6.18 Å². The second-order valence-corrected chi connectivity index (χ2v) is 7.70. The molecule has 0 N–H and O–H groups in total. The number of aromatic nitrogens is 1. The second-order valence-electron chi connectivity index (χ2n) is 6.71. The maximum Gasteiger partial charge on any atom is 0.416 e. The molecule has 0 aliphatic carbocycles. The highest BCUT2D eigenvalue weighted by atomic mass is 32.2. The van der Waals surface area contributed by atoms with Gasteiger partial charge in [0.05, 0.1) is 17.0 Å². The summed E-state index contributed by atoms with van der Waals surface area (Å²) in [5, 5.41) is 3.90. The summed E-state index contributed by atoms with van der Waals surface area (Å²) in [6.07, 6.45) is -4.35. The summed E-state index contributed by atoms with van der Waals surface area (Å²) in [5.74, 6) is 1.83. The van der Waals surface area contributed by atoms with Crippen molar-refractivity contribution in [1.82, 2.24) is 10.1 Å². The molecule has 0 saturated carbocycles. The van der Waals surface area contributed by atoms with E-state index in [0.29, 0.717) is 43.4 Å². The zero-order chi connectivity index (χ0) is 20.3. The van der Waals surface area contributed by atoms with Gasteiger partial charge < -0.3 is 14.3 Å². The lowest BCUT2D eigenvalue weighted by Gasteiger charge is -2.36. The number of rotatable bonds is 5. The quantitative estimate of drug-likeness (QED) is 0.744. The second kappa shape index (κ2) is 8.46. The number of nitrogens with zero attached hydrogens (tertiary/aromatic N) is 3. The van der Waals surface area contributed by atoms with Crippen LogP contribution < -0.4 is 4.90 Å². The molecule has 0 unspecified atom stereocenters. The van der Waals surface area contributed by atoms with Gasteiger partial charge in [-0.3, -0.25) is 4.79 Å². The summed E-state index contributed by atoms with van der Waals surface area (Å²) in [4.78, 5) is 16.1. The van der Waals surface area contributed by atoms with E-state index in [9.17, 15) is 18.0 Å². The monoisotopic (exact) mass is 413 g/mol. The Morgan fingerprint density at radius 1 is 1.21 bits per heavy atom. The van der Waals surface area contributed by atoms with Crippen LogP contribution in [0.15, 0.2) is 28.8 Å². The molecule has 1 aliphatic rings. The number of piperazine rings is 1. The first-order valence-electron chi connectivity index (χ1n) is 8.95. The van der Waals surface area contributed by atoms with Crippen LogP contribution in [0.3, 0.4) is 0 Å². The number of hydrogen-bond acceptors (Lipinski definition) is 5. The first kappa shape index (κ1) is 20.6. The van der Waals surface area contributed by atoms with Crippen LogP contribution >= 0.6 is 11.8 Å². The average molecular weight is 413 g/mol. The number of aryl methyl sites for hydroxylation is 2. The van der Waals surface area contributed by atoms with Crippen LogP contribution in [0.5, 0.6) is 0 Å². The number of carbonyl (C=O) groups excluding carboxylic acids is 1. The number of thioether (sulfide) groups is 1. The summed E-state index contributed by atoms with van der Waals surface area (Å²) in [6.45, 7) is 5.76. The molecule has 2 aromatic rings. The molecular formula is C19H22F3N3O2S. The van der Waals surface area contributed by atoms with Crippen LogP contribution in [-0.2, 0) is 16.7 Å². The van der Waals surface area contributed by atoms with Crippen molar-refractivity contribution in [2.45, 2.75) is 25.8 Å². The third-order valence-electron chi connectivity index (χ3n) is 4.82. The number of amides is 1. The van der Waals surface area contributed by atoms with Crippen LogP contribution in [0.1, 0.15) is 22.6 Å². The summed E-state index contributed by atoms with van der Waals surface area (Å²) in [7, 11) is 0. The molecule has 1 aliphatic heterocycles. The van der Waals surface area contributed by atoms with Crippen LogP contribution in [0, 0.1) is 13.8 Å². The Morgan fingerprint density at radius 3 is 2.54 bits per heavy atom. The van der Waals surface area contributed by atoms with Crippen LogP contribution in [0.2, 0.25) is 0 Å². The molecule has 0 radical (unpaired) electrons. The summed E-state index contributed by atoms with van der Waals surface area (Å²) >= 11 is 1.51. The van der Waals surface area contributed by atoms with E-state index < -0.39 is 11.7 Å². The number of benzene rings is 1. The van der Waals surface area contributed by atoms with E-state index in [4.69, 9.17) is 4.52 Å². The average Bonchev–Trinajstić information content (AvgIpc) is 2.99. The fourth-order valence-electron chi connectivity index (χ4n) is 3.13. The normalized spacial score (nSPS) is 15.2. The number of anilines is 1. The first-order valence-corrected chi connectivity index (χ1v) is 10.1. The van der Waals surface area contributed by atoms with E-state index in [2.05, 4.69) is 5.16 Å². The third-order valence-corrected chi connectivity index (χ3v) is 5.77. The number of hydrogen-bond donors (Lipinski definition) is 0. The molecule has 1 aromatic carbocycles. The lowest BCUT2D eigenvalue weighted by molar-refractivity contribution is -0.137. The zero-order valence-corrected chi connectivity index (χ0v) is 16.6. The molecule has 1 fully saturated rings. The minimum Gasteiger partial charge on any atom is -0.368 e. The molecule has 3 rings (SSSR count). The molecule has 152 valence electrons. The van der Waals surface area contributed by atoms with Gasteiger partial charge in [0.15, 0.2) is 0 Å². The van der Waals surface area contributed by atoms with Crippen molar-refractivity contribution in [2.24, 2.45) is 0 Å². The molecule has 0 spiro atoms.